The fraction of sp³-hybridized carbons (Fsp3) is 0.273. The number of nitrogens with zero attached hydrogens (tertiary/aromatic N) is 1. The first-order valence-corrected chi connectivity index (χ1v) is 11.1. The molecule has 0 bridgehead atoms. The number of halogens is 3. The first-order chi connectivity index (χ1) is 17.0. The number of hydrogen-bond acceptors (Lipinski definition) is 4. The molecule has 4 rings (SSSR count). The molecule has 4 amide bonds. The highest BCUT2D eigenvalue weighted by atomic mass is 35.5. The van der Waals surface area contributed by atoms with Crippen molar-refractivity contribution in [3.8, 4) is 0 Å². The first-order valence-electron chi connectivity index (χ1n) is 10.7. The lowest BCUT2D eigenvalue weighted by Crippen LogP contribution is -2.75. The summed E-state index contributed by atoms with van der Waals surface area (Å²) in [5.74, 6) is -8.50. The Kier molecular flexibility index (Phi) is 6.42. The molecule has 0 saturated carbocycles. The standard InChI is InChI=1S/C22H13B5ClF2N3O4/c23-20(24)17(36)32-18(37)21(25,22(20,26)27)33-9-11-7-10(1-6-14(11)15(33)34)8-31-16(35)19(29,30)12-2-4-13(28)5-3-12/h1-7H,8-9H2,(H,31,35)(H,32,36,37)/t21-/m0/s1. The van der Waals surface area contributed by atoms with E-state index in [1.165, 1.54) is 30.3 Å². The zero-order chi connectivity index (χ0) is 27.6. The summed E-state index contributed by atoms with van der Waals surface area (Å²) in [6, 6.07) is 8.80. The van der Waals surface area contributed by atoms with Crippen molar-refractivity contribution < 1.29 is 28.0 Å². The Morgan fingerprint density at radius 2 is 1.65 bits per heavy atom. The Morgan fingerprint density at radius 1 is 1.03 bits per heavy atom. The molecular weight excluding hydrogens is 498 g/mol. The van der Waals surface area contributed by atoms with Crippen molar-refractivity contribution in [3.05, 3.63) is 69.7 Å². The van der Waals surface area contributed by atoms with Gasteiger partial charge in [0.15, 0.2) is 0 Å². The van der Waals surface area contributed by atoms with Gasteiger partial charge in [-0.2, -0.15) is 8.78 Å². The molecule has 7 nitrogen and oxygen atoms in total. The van der Waals surface area contributed by atoms with Crippen LogP contribution in [-0.4, -0.2) is 73.2 Å². The summed E-state index contributed by atoms with van der Waals surface area (Å²) in [6.45, 7) is -0.611. The third-order valence-electron chi connectivity index (χ3n) is 6.61. The maximum absolute atomic E-state index is 14.5. The molecule has 1 atom stereocenters. The normalized spacial score (nSPS) is 22.4. The van der Waals surface area contributed by atoms with E-state index in [0.717, 1.165) is 17.0 Å². The smallest absolute Gasteiger partial charge is 0.346 e. The molecule has 2 aromatic carbocycles. The molecule has 2 aromatic rings. The van der Waals surface area contributed by atoms with Gasteiger partial charge in [0.2, 0.25) is 11.8 Å². The van der Waals surface area contributed by atoms with Crippen molar-refractivity contribution >= 4 is 74.5 Å². The number of rotatable bonds is 5. The maximum atomic E-state index is 14.5. The van der Waals surface area contributed by atoms with Crippen LogP contribution in [0.15, 0.2) is 42.5 Å². The van der Waals surface area contributed by atoms with Crippen LogP contribution in [0.3, 0.4) is 0 Å². The van der Waals surface area contributed by atoms with Crippen LogP contribution in [0, 0.1) is 0 Å². The summed E-state index contributed by atoms with van der Waals surface area (Å²) in [5.41, 5.74) is -2.28. The highest BCUT2D eigenvalue weighted by molar-refractivity contribution is 6.66. The van der Waals surface area contributed by atoms with E-state index < -0.39 is 51.0 Å². The van der Waals surface area contributed by atoms with E-state index in [0.29, 0.717) is 11.1 Å². The Morgan fingerprint density at radius 3 is 2.27 bits per heavy atom. The predicted molar refractivity (Wildman–Crippen MR) is 134 cm³/mol. The molecule has 0 unspecified atom stereocenters. The van der Waals surface area contributed by atoms with E-state index in [1.54, 1.807) is 0 Å². The van der Waals surface area contributed by atoms with Crippen LogP contribution >= 0.6 is 11.6 Å². The molecule has 2 heterocycles. The van der Waals surface area contributed by atoms with Gasteiger partial charge in [-0.15, -0.1) is 0 Å². The van der Waals surface area contributed by atoms with Crippen molar-refractivity contribution in [2.24, 2.45) is 0 Å². The fourth-order valence-corrected chi connectivity index (χ4v) is 4.32. The fourth-order valence-electron chi connectivity index (χ4n) is 4.19. The van der Waals surface area contributed by atoms with E-state index in [-0.39, 0.29) is 23.7 Å². The number of fused-ring (bicyclic) bond motifs is 1. The molecule has 1 saturated heterocycles. The van der Waals surface area contributed by atoms with Gasteiger partial charge in [0.05, 0.1) is 36.8 Å². The summed E-state index contributed by atoms with van der Waals surface area (Å²) in [6.07, 6.45) is 0. The average Bonchev–Trinajstić information content (AvgIpc) is 3.17. The molecule has 10 radical (unpaired) electrons. The van der Waals surface area contributed by atoms with Crippen molar-refractivity contribution in [1.82, 2.24) is 15.5 Å². The van der Waals surface area contributed by atoms with Crippen molar-refractivity contribution in [2.75, 3.05) is 0 Å². The second-order valence-corrected chi connectivity index (χ2v) is 9.37. The number of imide groups is 1. The van der Waals surface area contributed by atoms with E-state index >= 15 is 0 Å². The number of carbonyl (C=O) groups is 4. The number of piperidine rings is 1. The zero-order valence-electron chi connectivity index (χ0n) is 19.1. The number of benzene rings is 2. The second kappa shape index (κ2) is 8.79. The summed E-state index contributed by atoms with van der Waals surface area (Å²) >= 11 is 5.71. The Balaban J connectivity index is 1.54. The number of nitrogens with one attached hydrogen (secondary N) is 2. The Labute approximate surface area is 222 Å². The van der Waals surface area contributed by atoms with Crippen molar-refractivity contribution in [1.29, 1.82) is 0 Å². The molecule has 0 spiro atoms. The van der Waals surface area contributed by atoms with Gasteiger partial charge in [-0.1, -0.05) is 41.1 Å². The third-order valence-corrected chi connectivity index (χ3v) is 6.86. The minimum Gasteiger partial charge on any atom is -0.346 e. The van der Waals surface area contributed by atoms with E-state index in [9.17, 15) is 28.0 Å². The van der Waals surface area contributed by atoms with Gasteiger partial charge in [-0.3, -0.25) is 24.5 Å². The topological polar surface area (TPSA) is 95.6 Å². The van der Waals surface area contributed by atoms with Crippen LogP contribution in [0.25, 0.3) is 0 Å². The predicted octanol–water partition coefficient (Wildman–Crippen LogP) is 0.132. The first kappa shape index (κ1) is 27.0. The lowest BCUT2D eigenvalue weighted by molar-refractivity contribution is -0.147. The van der Waals surface area contributed by atoms with Crippen LogP contribution in [0.5, 0.6) is 0 Å². The maximum Gasteiger partial charge on any atom is 0.349 e. The van der Waals surface area contributed by atoms with Gasteiger partial charge in [0, 0.05) is 29.2 Å². The quantitative estimate of drug-likeness (QED) is 0.442. The van der Waals surface area contributed by atoms with Crippen LogP contribution in [-0.2, 0) is 33.4 Å². The summed E-state index contributed by atoms with van der Waals surface area (Å²) in [5, 5.41) is -0.826. The molecule has 15 heteroatoms. The van der Waals surface area contributed by atoms with Crippen LogP contribution in [0.2, 0.25) is 15.5 Å². The number of alkyl halides is 2. The molecule has 0 aliphatic carbocycles. The minimum atomic E-state index is -3.83. The number of amides is 4. The summed E-state index contributed by atoms with van der Waals surface area (Å²) < 4.78 is 29.1. The van der Waals surface area contributed by atoms with Gasteiger partial charge in [0.25, 0.3) is 11.8 Å². The van der Waals surface area contributed by atoms with Crippen LogP contribution in [0.1, 0.15) is 27.0 Å². The molecular formula is C22H13B5ClF2N3O4. The molecule has 37 heavy (non-hydrogen) atoms. The number of carbonyl (C=O) groups excluding carboxylic acids is 4. The third kappa shape index (κ3) is 4.00. The molecule has 0 aromatic heterocycles. The van der Waals surface area contributed by atoms with Gasteiger partial charge in [-0.05, 0) is 34.5 Å². The van der Waals surface area contributed by atoms with E-state index in [2.05, 4.69) is 5.32 Å². The van der Waals surface area contributed by atoms with Gasteiger partial charge < -0.3 is 10.2 Å². The summed E-state index contributed by atoms with van der Waals surface area (Å²) in [4.78, 5) is 51.0. The van der Waals surface area contributed by atoms with Gasteiger partial charge >= 0.3 is 5.92 Å². The SMILES string of the molecule is [B]C1([B])C(=O)NC(=O)[C@]([B])(N2Cc3cc(CNC(=O)C(F)(F)c4ccc(Cl)cc4)ccc3C2=O)C1([B])[B]. The van der Waals surface area contributed by atoms with Crippen molar-refractivity contribution in [3.63, 3.8) is 0 Å². The molecule has 2 N–H and O–H groups in total. The highest BCUT2D eigenvalue weighted by Crippen LogP contribution is 2.55. The lowest BCUT2D eigenvalue weighted by Gasteiger charge is -2.60. The van der Waals surface area contributed by atoms with Crippen molar-refractivity contribution in [2.45, 2.75) is 34.9 Å². The second-order valence-electron chi connectivity index (χ2n) is 8.93. The average molecular weight is 511 g/mol. The molecule has 2 aliphatic rings. The van der Waals surface area contributed by atoms with E-state index in [4.69, 9.17) is 50.8 Å². The van der Waals surface area contributed by atoms with Gasteiger partial charge in [0.1, 0.15) is 7.85 Å². The zero-order valence-corrected chi connectivity index (χ0v) is 19.8. The Hall–Kier alpha value is -3.01. The van der Waals surface area contributed by atoms with E-state index in [1.807, 2.05) is 5.32 Å². The minimum absolute atomic E-state index is 0.103. The molecule has 1 fully saturated rings. The van der Waals surface area contributed by atoms with Crippen LogP contribution in [0.4, 0.5) is 8.78 Å². The lowest BCUT2D eigenvalue weighted by atomic mass is 9.21. The Bertz CT molecular complexity index is 1340. The largest absolute Gasteiger partial charge is 0.349 e. The highest BCUT2D eigenvalue weighted by Gasteiger charge is 2.63. The molecule has 2 aliphatic heterocycles. The monoisotopic (exact) mass is 511 g/mol. The van der Waals surface area contributed by atoms with Gasteiger partial charge in [-0.25, -0.2) is 0 Å². The van der Waals surface area contributed by atoms with Crippen LogP contribution < -0.4 is 10.6 Å². The summed E-state index contributed by atoms with van der Waals surface area (Å²) in [7, 11) is 29.8. The number of hydrogen-bond donors (Lipinski definition) is 2. The molecule has 176 valence electrons.